The van der Waals surface area contributed by atoms with E-state index >= 15 is 0 Å². The van der Waals surface area contributed by atoms with Crippen molar-refractivity contribution in [3.8, 4) is 0 Å². The number of aryl methyl sites for hydroxylation is 1. The van der Waals surface area contributed by atoms with E-state index in [4.69, 9.17) is 0 Å². The van der Waals surface area contributed by atoms with E-state index in [2.05, 4.69) is 19.9 Å². The molecule has 0 spiro atoms. The fourth-order valence-corrected chi connectivity index (χ4v) is 3.83. The number of aromatic nitrogens is 6. The van der Waals surface area contributed by atoms with Gasteiger partial charge in [-0.05, 0) is 25.9 Å². The molecule has 1 saturated heterocycles. The lowest BCUT2D eigenvalue weighted by Crippen LogP contribution is -2.39. The summed E-state index contributed by atoms with van der Waals surface area (Å²) < 4.78 is 4.29. The lowest BCUT2D eigenvalue weighted by Gasteiger charge is -2.30. The van der Waals surface area contributed by atoms with E-state index in [1.807, 2.05) is 0 Å². The van der Waals surface area contributed by atoms with Gasteiger partial charge in [0.1, 0.15) is 0 Å². The molecule has 148 valence electrons. The van der Waals surface area contributed by atoms with Gasteiger partial charge in [0.15, 0.2) is 17.0 Å². The Kier molecular flexibility index (Phi) is 4.71. The van der Waals surface area contributed by atoms with Gasteiger partial charge in [-0.15, -0.1) is 0 Å². The number of Topliss-reactive ketones (excluding diaryl/α,β-unsaturated/α-hetero) is 1. The molecule has 0 saturated carbocycles. The van der Waals surface area contributed by atoms with E-state index < -0.39 is 0 Å². The number of rotatable bonds is 5. The molecule has 1 aliphatic heterocycles. The molecule has 1 aliphatic rings. The highest BCUT2D eigenvalue weighted by Crippen LogP contribution is 2.20. The molecule has 1 N–H and O–H groups in total. The van der Waals surface area contributed by atoms with Crippen molar-refractivity contribution in [2.24, 2.45) is 20.0 Å². The minimum absolute atomic E-state index is 0.00158. The van der Waals surface area contributed by atoms with Crippen LogP contribution in [0.2, 0.25) is 0 Å². The molecule has 0 bridgehead atoms. The van der Waals surface area contributed by atoms with Crippen molar-refractivity contribution < 1.29 is 4.79 Å². The second-order valence-electron chi connectivity index (χ2n) is 7.23. The molecule has 0 aliphatic carbocycles. The Bertz CT molecular complexity index is 1110. The zero-order chi connectivity index (χ0) is 19.8. The zero-order valence-electron chi connectivity index (χ0n) is 16.0. The third-order valence-electron chi connectivity index (χ3n) is 5.56. The molecule has 0 unspecified atom stereocenters. The van der Waals surface area contributed by atoms with Crippen LogP contribution in [-0.2, 0) is 20.6 Å². The van der Waals surface area contributed by atoms with Crippen LogP contribution in [0.25, 0.3) is 11.2 Å². The smallest absolute Gasteiger partial charge is 0.332 e. The average Bonchev–Trinajstić information content (AvgIpc) is 3.39. The fraction of sp³-hybridized carbons (Fsp3) is 0.500. The first kappa shape index (κ1) is 18.4. The van der Waals surface area contributed by atoms with E-state index in [0.29, 0.717) is 23.5 Å². The molecule has 0 aromatic carbocycles. The number of nitrogens with one attached hydrogen (secondary N) is 1. The van der Waals surface area contributed by atoms with Crippen molar-refractivity contribution in [3.05, 3.63) is 45.4 Å². The minimum Gasteiger partial charge on any atom is -0.342 e. The summed E-state index contributed by atoms with van der Waals surface area (Å²) in [5, 5.41) is 0. The van der Waals surface area contributed by atoms with Crippen LogP contribution in [-0.4, -0.2) is 59.0 Å². The van der Waals surface area contributed by atoms with Gasteiger partial charge < -0.3 is 14.5 Å². The largest absolute Gasteiger partial charge is 0.342 e. The van der Waals surface area contributed by atoms with Gasteiger partial charge in [-0.2, -0.15) is 0 Å². The van der Waals surface area contributed by atoms with Crippen molar-refractivity contribution in [1.82, 2.24) is 33.6 Å². The van der Waals surface area contributed by atoms with Crippen LogP contribution in [0.5, 0.6) is 0 Å². The van der Waals surface area contributed by atoms with E-state index in [1.54, 1.807) is 30.3 Å². The summed E-state index contributed by atoms with van der Waals surface area (Å²) in [6.07, 6.45) is 6.45. The molecule has 3 aromatic rings. The Morgan fingerprint density at radius 2 is 1.89 bits per heavy atom. The summed E-state index contributed by atoms with van der Waals surface area (Å²) in [6.45, 7) is 2.99. The van der Waals surface area contributed by atoms with Gasteiger partial charge in [0.25, 0.3) is 5.56 Å². The number of hydrogen-bond donors (Lipinski definition) is 1. The first-order valence-electron chi connectivity index (χ1n) is 9.34. The standard InChI is InChI=1S/C18H23N7O3/c1-22-16-13(17(27)23(2)18(22)28)25(11-21-16)10-9-24-7-3-12(4-8-24)14(26)15-19-5-6-20-15/h5-6,11-12H,3-4,7-10H2,1-2H3,(H,19,20). The summed E-state index contributed by atoms with van der Waals surface area (Å²) in [6, 6.07) is 0. The second-order valence-corrected chi connectivity index (χ2v) is 7.23. The molecule has 0 atom stereocenters. The van der Waals surface area contributed by atoms with Crippen LogP contribution in [0, 0.1) is 5.92 Å². The summed E-state index contributed by atoms with van der Waals surface area (Å²) in [4.78, 5) is 50.4. The van der Waals surface area contributed by atoms with E-state index in [9.17, 15) is 14.4 Å². The monoisotopic (exact) mass is 385 g/mol. The Morgan fingerprint density at radius 1 is 1.14 bits per heavy atom. The number of ketones is 1. The van der Waals surface area contributed by atoms with Crippen molar-refractivity contribution in [2.75, 3.05) is 19.6 Å². The molecule has 3 aromatic heterocycles. The van der Waals surface area contributed by atoms with Crippen LogP contribution in [0.1, 0.15) is 23.5 Å². The summed E-state index contributed by atoms with van der Waals surface area (Å²) in [7, 11) is 3.09. The van der Waals surface area contributed by atoms with Crippen LogP contribution < -0.4 is 11.2 Å². The quantitative estimate of drug-likeness (QED) is 0.607. The molecule has 10 heteroatoms. The maximum absolute atomic E-state index is 12.5. The Balaban J connectivity index is 1.42. The van der Waals surface area contributed by atoms with Gasteiger partial charge in [-0.3, -0.25) is 18.7 Å². The molecule has 0 radical (unpaired) electrons. The summed E-state index contributed by atoms with van der Waals surface area (Å²) in [5.41, 5.74) is 0.118. The molecular formula is C18H23N7O3. The van der Waals surface area contributed by atoms with E-state index in [1.165, 1.54) is 11.6 Å². The molecule has 10 nitrogen and oxygen atoms in total. The number of carbonyl (C=O) groups is 1. The highest BCUT2D eigenvalue weighted by atomic mass is 16.2. The fourth-order valence-electron chi connectivity index (χ4n) is 3.83. The lowest BCUT2D eigenvalue weighted by atomic mass is 9.92. The number of nitrogens with zero attached hydrogens (tertiary/aromatic N) is 6. The Hall–Kier alpha value is -3.01. The SMILES string of the molecule is Cn1c(=O)c2c(ncn2CCN2CCC(C(=O)c3ncc[nH]3)CC2)n(C)c1=O. The van der Waals surface area contributed by atoms with Gasteiger partial charge in [0, 0.05) is 45.5 Å². The molecule has 4 heterocycles. The van der Waals surface area contributed by atoms with Crippen LogP contribution in [0.3, 0.4) is 0 Å². The van der Waals surface area contributed by atoms with Crippen molar-refractivity contribution in [3.63, 3.8) is 0 Å². The number of carbonyl (C=O) groups excluding carboxylic acids is 1. The van der Waals surface area contributed by atoms with Crippen LogP contribution >= 0.6 is 0 Å². The normalized spacial score (nSPS) is 16.1. The molecule has 1 fully saturated rings. The summed E-state index contributed by atoms with van der Waals surface area (Å²) in [5.74, 6) is 0.512. The number of aromatic amines is 1. The maximum Gasteiger partial charge on any atom is 0.332 e. The van der Waals surface area contributed by atoms with E-state index in [0.717, 1.165) is 37.0 Å². The van der Waals surface area contributed by atoms with Gasteiger partial charge in [-0.1, -0.05) is 0 Å². The van der Waals surface area contributed by atoms with Gasteiger partial charge >= 0.3 is 5.69 Å². The number of imidazole rings is 2. The first-order valence-corrected chi connectivity index (χ1v) is 9.34. The second kappa shape index (κ2) is 7.19. The van der Waals surface area contributed by atoms with Crippen molar-refractivity contribution in [1.29, 1.82) is 0 Å². The predicted molar refractivity (Wildman–Crippen MR) is 102 cm³/mol. The predicted octanol–water partition coefficient (Wildman–Crippen LogP) is -0.248. The number of fused-ring (bicyclic) bond motifs is 1. The number of piperidine rings is 1. The van der Waals surface area contributed by atoms with Crippen LogP contribution in [0.4, 0.5) is 0 Å². The number of likely N-dealkylation sites (tertiary alicyclic amines) is 1. The number of H-pyrrole nitrogens is 1. The van der Waals surface area contributed by atoms with Crippen molar-refractivity contribution >= 4 is 16.9 Å². The first-order chi connectivity index (χ1) is 13.5. The third kappa shape index (κ3) is 3.09. The van der Waals surface area contributed by atoms with Gasteiger partial charge in [0.2, 0.25) is 5.78 Å². The zero-order valence-corrected chi connectivity index (χ0v) is 16.0. The molecular weight excluding hydrogens is 362 g/mol. The summed E-state index contributed by atoms with van der Waals surface area (Å²) >= 11 is 0. The number of hydrogen-bond acceptors (Lipinski definition) is 6. The lowest BCUT2D eigenvalue weighted by molar-refractivity contribution is 0.0828. The minimum atomic E-state index is -0.383. The Labute approximate surface area is 160 Å². The average molecular weight is 385 g/mol. The van der Waals surface area contributed by atoms with E-state index in [-0.39, 0.29) is 23.0 Å². The third-order valence-corrected chi connectivity index (χ3v) is 5.56. The van der Waals surface area contributed by atoms with Crippen LogP contribution in [0.15, 0.2) is 28.3 Å². The molecule has 0 amide bonds. The Morgan fingerprint density at radius 3 is 2.57 bits per heavy atom. The topological polar surface area (TPSA) is 111 Å². The van der Waals surface area contributed by atoms with Crippen molar-refractivity contribution in [2.45, 2.75) is 19.4 Å². The maximum atomic E-state index is 12.5. The van der Waals surface area contributed by atoms with Gasteiger partial charge in [-0.25, -0.2) is 14.8 Å². The van der Waals surface area contributed by atoms with Gasteiger partial charge in [0.05, 0.1) is 6.33 Å². The molecule has 4 rings (SSSR count). The molecule has 28 heavy (non-hydrogen) atoms. The highest BCUT2D eigenvalue weighted by molar-refractivity contribution is 5.94. The highest BCUT2D eigenvalue weighted by Gasteiger charge is 2.27.